The normalized spacial score (nSPS) is 20.2. The van der Waals surface area contributed by atoms with Crippen molar-refractivity contribution in [3.63, 3.8) is 0 Å². The van der Waals surface area contributed by atoms with Gasteiger partial charge in [0.25, 0.3) is 5.56 Å². The Labute approximate surface area is 124 Å². The van der Waals surface area contributed by atoms with Gasteiger partial charge in [0.15, 0.2) is 5.52 Å². The summed E-state index contributed by atoms with van der Waals surface area (Å²) in [5.41, 5.74) is 2.28. The van der Waals surface area contributed by atoms with Crippen LogP contribution in [0.3, 0.4) is 0 Å². The highest BCUT2D eigenvalue weighted by Gasteiger charge is 2.21. The number of fused-ring (bicyclic) bond motifs is 1. The lowest BCUT2D eigenvalue weighted by Crippen LogP contribution is -2.41. The van der Waals surface area contributed by atoms with E-state index in [4.69, 9.17) is 0 Å². The lowest BCUT2D eigenvalue weighted by atomic mass is 10.0. The molecule has 3 heterocycles. The highest BCUT2D eigenvalue weighted by Crippen LogP contribution is 2.17. The predicted molar refractivity (Wildman–Crippen MR) is 82.4 cm³/mol. The second kappa shape index (κ2) is 5.60. The van der Waals surface area contributed by atoms with Gasteiger partial charge in [-0.3, -0.25) is 14.0 Å². The third kappa shape index (κ3) is 2.48. The van der Waals surface area contributed by atoms with Gasteiger partial charge in [-0.15, -0.1) is 0 Å². The zero-order valence-corrected chi connectivity index (χ0v) is 13.0. The van der Waals surface area contributed by atoms with Crippen molar-refractivity contribution in [2.24, 2.45) is 7.05 Å². The third-order valence-electron chi connectivity index (χ3n) is 4.55. The molecule has 0 N–H and O–H groups in total. The Kier molecular flexibility index (Phi) is 3.80. The molecule has 0 aliphatic carbocycles. The number of aromatic nitrogens is 4. The summed E-state index contributed by atoms with van der Waals surface area (Å²) in [6.07, 6.45) is 6.12. The van der Waals surface area contributed by atoms with E-state index in [1.165, 1.54) is 12.8 Å². The fraction of sp³-hybridized carbons (Fsp3) is 0.667. The van der Waals surface area contributed by atoms with Gasteiger partial charge in [-0.05, 0) is 32.9 Å². The summed E-state index contributed by atoms with van der Waals surface area (Å²) in [5, 5.41) is 4.40. The van der Waals surface area contributed by atoms with Gasteiger partial charge < -0.3 is 4.90 Å². The molecule has 0 amide bonds. The van der Waals surface area contributed by atoms with E-state index in [-0.39, 0.29) is 5.56 Å². The number of likely N-dealkylation sites (N-methyl/N-ethyl adjacent to an activating group) is 1. The molecule has 1 atom stereocenters. The number of nitrogens with zero attached hydrogens (tertiary/aromatic N) is 5. The summed E-state index contributed by atoms with van der Waals surface area (Å²) < 4.78 is 3.42. The summed E-state index contributed by atoms with van der Waals surface area (Å²) in [5.74, 6) is 0. The Morgan fingerprint density at radius 3 is 2.86 bits per heavy atom. The SMILES string of the molecule is CCc1nn(C)c2c(=O)n(C[C@H]3CCCCN3C)cnc12. The second-order valence-electron chi connectivity index (χ2n) is 5.95. The number of rotatable bonds is 3. The molecule has 114 valence electrons. The van der Waals surface area contributed by atoms with Crippen molar-refractivity contribution in [2.75, 3.05) is 13.6 Å². The third-order valence-corrected chi connectivity index (χ3v) is 4.55. The average Bonchev–Trinajstić information content (AvgIpc) is 2.81. The molecule has 0 unspecified atom stereocenters. The van der Waals surface area contributed by atoms with Crippen molar-refractivity contribution in [1.29, 1.82) is 0 Å². The van der Waals surface area contributed by atoms with Gasteiger partial charge in [0.1, 0.15) is 5.52 Å². The highest BCUT2D eigenvalue weighted by molar-refractivity contribution is 5.76. The summed E-state index contributed by atoms with van der Waals surface area (Å²) in [4.78, 5) is 19.5. The van der Waals surface area contributed by atoms with Crippen molar-refractivity contribution < 1.29 is 0 Å². The van der Waals surface area contributed by atoms with Crippen molar-refractivity contribution in [3.05, 3.63) is 22.4 Å². The van der Waals surface area contributed by atoms with E-state index in [1.54, 1.807) is 15.6 Å². The van der Waals surface area contributed by atoms with Crippen molar-refractivity contribution in [2.45, 2.75) is 45.2 Å². The second-order valence-corrected chi connectivity index (χ2v) is 5.95. The number of hydrogen-bond donors (Lipinski definition) is 0. The molecule has 0 aromatic carbocycles. The Bertz CT molecular complexity index is 702. The Hall–Kier alpha value is -1.69. The molecule has 0 bridgehead atoms. The number of piperidine rings is 1. The number of hydrogen-bond acceptors (Lipinski definition) is 4. The Balaban J connectivity index is 1.98. The first kappa shape index (κ1) is 14.3. The number of aryl methyl sites for hydroxylation is 2. The molecule has 1 aliphatic rings. The summed E-state index contributed by atoms with van der Waals surface area (Å²) in [6, 6.07) is 0.426. The summed E-state index contributed by atoms with van der Waals surface area (Å²) >= 11 is 0. The van der Waals surface area contributed by atoms with Gasteiger partial charge in [-0.1, -0.05) is 13.3 Å². The smallest absolute Gasteiger partial charge is 0.279 e. The van der Waals surface area contributed by atoms with Crippen LogP contribution in [0.4, 0.5) is 0 Å². The Morgan fingerprint density at radius 2 is 2.14 bits per heavy atom. The minimum atomic E-state index is 0.0219. The maximum absolute atomic E-state index is 12.7. The Morgan fingerprint density at radius 1 is 1.33 bits per heavy atom. The van der Waals surface area contributed by atoms with E-state index >= 15 is 0 Å². The van der Waals surface area contributed by atoms with Crippen LogP contribution in [0.5, 0.6) is 0 Å². The van der Waals surface area contributed by atoms with Crippen molar-refractivity contribution in [3.8, 4) is 0 Å². The van der Waals surface area contributed by atoms with Gasteiger partial charge in [0.2, 0.25) is 0 Å². The predicted octanol–water partition coefficient (Wildman–Crippen LogP) is 1.18. The quantitative estimate of drug-likeness (QED) is 0.851. The molecule has 2 aromatic heterocycles. The van der Waals surface area contributed by atoms with Crippen LogP contribution < -0.4 is 5.56 Å². The monoisotopic (exact) mass is 289 g/mol. The van der Waals surface area contributed by atoms with E-state index in [1.807, 2.05) is 14.0 Å². The minimum Gasteiger partial charge on any atom is -0.302 e. The maximum Gasteiger partial charge on any atom is 0.279 e. The van der Waals surface area contributed by atoms with Crippen LogP contribution in [0.1, 0.15) is 31.9 Å². The molecular weight excluding hydrogens is 266 g/mol. The van der Waals surface area contributed by atoms with Gasteiger partial charge in [-0.25, -0.2) is 4.98 Å². The molecule has 21 heavy (non-hydrogen) atoms. The van der Waals surface area contributed by atoms with Crippen LogP contribution in [0.25, 0.3) is 11.0 Å². The van der Waals surface area contributed by atoms with Gasteiger partial charge >= 0.3 is 0 Å². The zero-order chi connectivity index (χ0) is 15.0. The summed E-state index contributed by atoms with van der Waals surface area (Å²) in [6.45, 7) is 3.86. The highest BCUT2D eigenvalue weighted by atomic mass is 16.1. The maximum atomic E-state index is 12.7. The van der Waals surface area contributed by atoms with Crippen LogP contribution >= 0.6 is 0 Å². The van der Waals surface area contributed by atoms with E-state index in [0.29, 0.717) is 18.1 Å². The molecule has 0 saturated carbocycles. The van der Waals surface area contributed by atoms with Gasteiger partial charge in [0.05, 0.1) is 12.0 Å². The van der Waals surface area contributed by atoms with Gasteiger partial charge in [0, 0.05) is 19.6 Å². The lowest BCUT2D eigenvalue weighted by Gasteiger charge is -2.32. The van der Waals surface area contributed by atoms with E-state index in [0.717, 1.165) is 30.6 Å². The average molecular weight is 289 g/mol. The fourth-order valence-corrected chi connectivity index (χ4v) is 3.23. The topological polar surface area (TPSA) is 56.0 Å². The largest absolute Gasteiger partial charge is 0.302 e. The van der Waals surface area contributed by atoms with Crippen molar-refractivity contribution in [1.82, 2.24) is 24.2 Å². The van der Waals surface area contributed by atoms with E-state index in [2.05, 4.69) is 22.0 Å². The zero-order valence-electron chi connectivity index (χ0n) is 13.0. The lowest BCUT2D eigenvalue weighted by molar-refractivity contribution is 0.166. The molecule has 2 aromatic rings. The van der Waals surface area contributed by atoms with Crippen LogP contribution in [0, 0.1) is 0 Å². The van der Waals surface area contributed by atoms with E-state index in [9.17, 15) is 4.79 Å². The molecule has 1 aliphatic heterocycles. The van der Waals surface area contributed by atoms with E-state index < -0.39 is 0 Å². The molecule has 1 saturated heterocycles. The van der Waals surface area contributed by atoms with Crippen molar-refractivity contribution >= 4 is 11.0 Å². The minimum absolute atomic E-state index is 0.0219. The first-order valence-corrected chi connectivity index (χ1v) is 7.73. The number of likely N-dealkylation sites (tertiary alicyclic amines) is 1. The fourth-order valence-electron chi connectivity index (χ4n) is 3.23. The standard InChI is InChI=1S/C15H23N5O/c1-4-12-13-14(19(3)17-12)15(21)20(10-16-13)9-11-7-5-6-8-18(11)2/h10-11H,4-9H2,1-3H3/t11-/m1/s1. The first-order valence-electron chi connectivity index (χ1n) is 7.73. The van der Waals surface area contributed by atoms with Crippen LogP contribution in [0.2, 0.25) is 0 Å². The molecule has 1 fully saturated rings. The van der Waals surface area contributed by atoms with Crippen LogP contribution in [-0.2, 0) is 20.0 Å². The molecule has 0 spiro atoms. The molecular formula is C15H23N5O. The molecule has 3 rings (SSSR count). The molecule has 6 nitrogen and oxygen atoms in total. The summed E-state index contributed by atoms with van der Waals surface area (Å²) in [7, 11) is 3.96. The molecule has 6 heteroatoms. The molecule has 0 radical (unpaired) electrons. The first-order chi connectivity index (χ1) is 10.1. The van der Waals surface area contributed by atoms with Crippen LogP contribution in [-0.4, -0.2) is 43.9 Å². The van der Waals surface area contributed by atoms with Crippen LogP contribution in [0.15, 0.2) is 11.1 Å². The van der Waals surface area contributed by atoms with Gasteiger partial charge in [-0.2, -0.15) is 5.10 Å².